The van der Waals surface area contributed by atoms with Gasteiger partial charge in [0.2, 0.25) is 5.43 Å². The Morgan fingerprint density at radius 2 is 1.83 bits per heavy atom. The molecule has 0 spiro atoms. The molecule has 3 N–H and O–H groups in total. The van der Waals surface area contributed by atoms with Crippen LogP contribution in [0.25, 0.3) is 0 Å². The second-order valence-corrected chi connectivity index (χ2v) is 7.44. The molecule has 2 aromatic rings. The Kier molecular flexibility index (Phi) is 5.00. The number of nitrogens with zero attached hydrogens (tertiary/aromatic N) is 1. The molecule has 1 aliphatic carbocycles. The van der Waals surface area contributed by atoms with Crippen LogP contribution in [0.5, 0.6) is 5.75 Å². The number of amides is 2. The number of rotatable bonds is 3. The molecule has 0 radical (unpaired) electrons. The Morgan fingerprint density at radius 3 is 2.53 bits per heavy atom. The van der Waals surface area contributed by atoms with Crippen molar-refractivity contribution < 1.29 is 27.9 Å². The number of aromatic nitrogens is 1. The Balaban J connectivity index is 1.67. The quantitative estimate of drug-likeness (QED) is 0.707. The number of hydrogen-bond acceptors (Lipinski definition) is 4. The number of pyridine rings is 1. The maximum Gasteiger partial charge on any atom is 0.272 e. The summed E-state index contributed by atoms with van der Waals surface area (Å²) in [7, 11) is 0. The summed E-state index contributed by atoms with van der Waals surface area (Å²) in [6.07, 6.45) is 4.42. The minimum Gasteiger partial charge on any atom is -0.503 e. The molecule has 2 aliphatic rings. The van der Waals surface area contributed by atoms with E-state index in [4.69, 9.17) is 0 Å². The van der Waals surface area contributed by atoms with Gasteiger partial charge < -0.3 is 20.3 Å². The zero-order valence-corrected chi connectivity index (χ0v) is 15.7. The van der Waals surface area contributed by atoms with E-state index in [2.05, 4.69) is 10.6 Å². The molecule has 1 fully saturated rings. The van der Waals surface area contributed by atoms with Crippen LogP contribution in [-0.2, 0) is 6.54 Å². The van der Waals surface area contributed by atoms with Crippen LogP contribution in [-0.4, -0.2) is 27.5 Å². The molecular weight excluding hydrogens is 403 g/mol. The first kappa shape index (κ1) is 20.0. The Morgan fingerprint density at radius 1 is 1.17 bits per heavy atom. The summed E-state index contributed by atoms with van der Waals surface area (Å²) in [4.78, 5) is 37.4. The second-order valence-electron chi connectivity index (χ2n) is 7.44. The van der Waals surface area contributed by atoms with E-state index in [-0.39, 0.29) is 17.8 Å². The summed E-state index contributed by atoms with van der Waals surface area (Å²) < 4.78 is 42.0. The van der Waals surface area contributed by atoms with Gasteiger partial charge in [0.15, 0.2) is 11.4 Å². The Labute approximate surface area is 168 Å². The van der Waals surface area contributed by atoms with Gasteiger partial charge in [0.1, 0.15) is 23.0 Å². The van der Waals surface area contributed by atoms with Gasteiger partial charge in [-0.1, -0.05) is 12.8 Å². The molecule has 1 aromatic carbocycles. The molecule has 0 saturated heterocycles. The second kappa shape index (κ2) is 7.51. The van der Waals surface area contributed by atoms with E-state index in [1.807, 2.05) is 0 Å². The minimum absolute atomic E-state index is 0.182. The van der Waals surface area contributed by atoms with E-state index in [1.165, 1.54) is 10.8 Å². The molecular formula is C20H18F3N3O4. The standard InChI is InChI=1S/C20H18F3N3O4/c21-9-5-12(22)10(13(23)6-9)7-24-19(29)11-8-26-15-4-2-1-3-14(15)25-20(30)16(26)18(28)17(11)27/h5-6,8,14-15,28H,1-4,7H2,(H,24,29)(H,25,30)/t14-,15-/m0/s1. The molecule has 7 nitrogen and oxygen atoms in total. The average Bonchev–Trinajstić information content (AvgIpc) is 2.69. The Hall–Kier alpha value is -3.30. The lowest BCUT2D eigenvalue weighted by atomic mass is 9.87. The summed E-state index contributed by atoms with van der Waals surface area (Å²) in [6.45, 7) is -0.634. The number of fused-ring (bicyclic) bond motifs is 3. The van der Waals surface area contributed by atoms with Crippen LogP contribution < -0.4 is 16.1 Å². The molecule has 2 atom stereocenters. The highest BCUT2D eigenvalue weighted by Crippen LogP contribution is 2.34. The molecule has 10 heteroatoms. The number of hydrogen-bond donors (Lipinski definition) is 3. The van der Waals surface area contributed by atoms with E-state index >= 15 is 0 Å². The largest absolute Gasteiger partial charge is 0.503 e. The molecule has 0 unspecified atom stereocenters. The van der Waals surface area contributed by atoms with Crippen molar-refractivity contribution in [3.05, 3.63) is 62.8 Å². The van der Waals surface area contributed by atoms with Crippen molar-refractivity contribution >= 4 is 11.8 Å². The van der Waals surface area contributed by atoms with Gasteiger partial charge in [-0.25, -0.2) is 13.2 Å². The van der Waals surface area contributed by atoms with Crippen molar-refractivity contribution in [2.24, 2.45) is 0 Å². The molecule has 2 amide bonds. The van der Waals surface area contributed by atoms with Crippen LogP contribution in [0.1, 0.15) is 58.1 Å². The third-order valence-corrected chi connectivity index (χ3v) is 5.60. The predicted octanol–water partition coefficient (Wildman–Crippen LogP) is 2.13. The van der Waals surface area contributed by atoms with Crippen molar-refractivity contribution in [3.8, 4) is 5.75 Å². The summed E-state index contributed by atoms with van der Waals surface area (Å²) >= 11 is 0. The zero-order chi connectivity index (χ0) is 21.6. The van der Waals surface area contributed by atoms with Gasteiger partial charge in [-0.05, 0) is 12.8 Å². The van der Waals surface area contributed by atoms with E-state index in [0.717, 1.165) is 19.3 Å². The van der Waals surface area contributed by atoms with Gasteiger partial charge in [0.25, 0.3) is 11.8 Å². The lowest BCUT2D eigenvalue weighted by Crippen LogP contribution is -2.50. The molecule has 1 saturated carbocycles. The van der Waals surface area contributed by atoms with Crippen LogP contribution in [0, 0.1) is 17.5 Å². The SMILES string of the molecule is O=C(NCc1c(F)cc(F)cc1F)c1cn2c(c(O)c1=O)C(=O)N[C@H]1CCCC[C@@H]12. The van der Waals surface area contributed by atoms with Crippen molar-refractivity contribution in [3.63, 3.8) is 0 Å². The van der Waals surface area contributed by atoms with Gasteiger partial charge in [-0.3, -0.25) is 14.4 Å². The normalized spacial score (nSPS) is 20.2. The third kappa shape index (κ3) is 3.31. The highest BCUT2D eigenvalue weighted by molar-refractivity contribution is 5.99. The minimum atomic E-state index is -1.18. The van der Waals surface area contributed by atoms with Gasteiger partial charge >= 0.3 is 0 Å². The lowest BCUT2D eigenvalue weighted by molar-refractivity contribution is 0.0838. The summed E-state index contributed by atoms with van der Waals surface area (Å²) in [5.74, 6) is -5.90. The molecule has 1 aliphatic heterocycles. The van der Waals surface area contributed by atoms with Gasteiger partial charge in [-0.15, -0.1) is 0 Å². The van der Waals surface area contributed by atoms with Gasteiger partial charge in [-0.2, -0.15) is 0 Å². The zero-order valence-electron chi connectivity index (χ0n) is 15.7. The molecule has 1 aromatic heterocycles. The van der Waals surface area contributed by atoms with E-state index in [0.29, 0.717) is 18.6 Å². The fourth-order valence-electron chi connectivity index (χ4n) is 4.12. The number of nitrogens with one attached hydrogen (secondary N) is 2. The van der Waals surface area contributed by atoms with Crippen LogP contribution in [0.15, 0.2) is 23.1 Å². The van der Waals surface area contributed by atoms with Gasteiger partial charge in [0, 0.05) is 36.5 Å². The van der Waals surface area contributed by atoms with Crippen LogP contribution in [0.4, 0.5) is 13.2 Å². The maximum absolute atomic E-state index is 13.8. The molecule has 158 valence electrons. The summed E-state index contributed by atoms with van der Waals surface area (Å²) in [5.41, 5.74) is -2.31. The first-order valence-corrected chi connectivity index (χ1v) is 9.48. The molecule has 2 heterocycles. The topological polar surface area (TPSA) is 100 Å². The van der Waals surface area contributed by atoms with Crippen LogP contribution in [0.3, 0.4) is 0 Å². The summed E-state index contributed by atoms with van der Waals surface area (Å²) in [5, 5.41) is 15.3. The number of aromatic hydroxyl groups is 1. The molecule has 4 rings (SSSR count). The fourth-order valence-corrected chi connectivity index (χ4v) is 4.12. The van der Waals surface area contributed by atoms with Gasteiger partial charge in [0.05, 0.1) is 6.04 Å². The maximum atomic E-state index is 13.8. The Bertz CT molecular complexity index is 1090. The highest BCUT2D eigenvalue weighted by Gasteiger charge is 2.37. The van der Waals surface area contributed by atoms with Crippen molar-refractivity contribution in [1.82, 2.24) is 15.2 Å². The van der Waals surface area contributed by atoms with Crippen LogP contribution >= 0.6 is 0 Å². The third-order valence-electron chi connectivity index (χ3n) is 5.60. The van der Waals surface area contributed by atoms with Crippen molar-refractivity contribution in [2.75, 3.05) is 0 Å². The van der Waals surface area contributed by atoms with Crippen molar-refractivity contribution in [2.45, 2.75) is 44.3 Å². The lowest BCUT2D eigenvalue weighted by Gasteiger charge is -2.39. The first-order chi connectivity index (χ1) is 14.3. The number of carbonyl (C=O) groups is 2. The fraction of sp³-hybridized carbons (Fsp3) is 0.350. The van der Waals surface area contributed by atoms with E-state index < -0.39 is 58.1 Å². The van der Waals surface area contributed by atoms with Crippen molar-refractivity contribution in [1.29, 1.82) is 0 Å². The molecule has 0 bridgehead atoms. The average molecular weight is 421 g/mol. The smallest absolute Gasteiger partial charge is 0.272 e. The first-order valence-electron chi connectivity index (χ1n) is 9.48. The summed E-state index contributed by atoms with van der Waals surface area (Å²) in [6, 6.07) is 0.549. The number of halogens is 3. The number of benzene rings is 1. The van der Waals surface area contributed by atoms with E-state index in [9.17, 15) is 32.7 Å². The van der Waals surface area contributed by atoms with E-state index in [1.54, 1.807) is 0 Å². The number of carbonyl (C=O) groups excluding carboxylic acids is 2. The predicted molar refractivity (Wildman–Crippen MR) is 98.6 cm³/mol. The highest BCUT2D eigenvalue weighted by atomic mass is 19.1. The van der Waals surface area contributed by atoms with Crippen LogP contribution in [0.2, 0.25) is 0 Å². The monoisotopic (exact) mass is 421 g/mol. The molecule has 30 heavy (non-hydrogen) atoms.